The Balaban J connectivity index is 1.67. The Morgan fingerprint density at radius 3 is 2.67 bits per heavy atom. The Labute approximate surface area is 125 Å². The second-order valence-corrected chi connectivity index (χ2v) is 5.70. The molecule has 2 heterocycles. The fourth-order valence-electron chi connectivity index (χ4n) is 2.37. The van der Waals surface area contributed by atoms with Gasteiger partial charge < -0.3 is 15.5 Å². The largest absolute Gasteiger partial charge is 0.398 e. The van der Waals surface area contributed by atoms with E-state index in [-0.39, 0.29) is 11.6 Å². The summed E-state index contributed by atoms with van der Waals surface area (Å²) in [5, 5.41) is 2.91. The third-order valence-corrected chi connectivity index (χ3v) is 4.33. The number of nitrogen functional groups attached to an aromatic ring is 1. The maximum Gasteiger partial charge on any atom is 0.256 e. The molecule has 1 aliphatic heterocycles. The minimum absolute atomic E-state index is 0.147. The third kappa shape index (κ3) is 2.82. The van der Waals surface area contributed by atoms with Gasteiger partial charge in [0.2, 0.25) is 0 Å². The van der Waals surface area contributed by atoms with Gasteiger partial charge in [-0.05, 0) is 18.2 Å². The van der Waals surface area contributed by atoms with Crippen molar-refractivity contribution in [3.8, 4) is 0 Å². The molecule has 1 aliphatic rings. The smallest absolute Gasteiger partial charge is 0.256 e. The number of carbonyl (C=O) groups is 1. The number of anilines is 2. The van der Waals surface area contributed by atoms with Crippen LogP contribution in [0.2, 0.25) is 0 Å². The minimum Gasteiger partial charge on any atom is -0.398 e. The molecule has 1 fully saturated rings. The summed E-state index contributed by atoms with van der Waals surface area (Å²) in [6.45, 7) is 2.69. The highest BCUT2D eigenvalue weighted by molar-refractivity contribution is 7.13. The summed E-state index contributed by atoms with van der Waals surface area (Å²) in [7, 11) is 0. The van der Waals surface area contributed by atoms with E-state index in [1.807, 2.05) is 5.38 Å². The third-order valence-electron chi connectivity index (χ3n) is 3.50. The van der Waals surface area contributed by atoms with Gasteiger partial charge in [0.25, 0.3) is 5.91 Å². The Bertz CT molecular complexity index is 638. The molecule has 1 aromatic heterocycles. The normalized spacial score (nSPS) is 15.3. The average Bonchev–Trinajstić information content (AvgIpc) is 3.01. The topological polar surface area (TPSA) is 62.5 Å². The summed E-state index contributed by atoms with van der Waals surface area (Å²) in [5.41, 5.74) is 6.27. The zero-order valence-corrected chi connectivity index (χ0v) is 12.1. The van der Waals surface area contributed by atoms with Crippen LogP contribution in [0.25, 0.3) is 0 Å². The van der Waals surface area contributed by atoms with Crippen molar-refractivity contribution in [3.05, 3.63) is 41.2 Å². The second kappa shape index (κ2) is 5.69. The average molecular weight is 306 g/mol. The maximum absolute atomic E-state index is 13.0. The summed E-state index contributed by atoms with van der Waals surface area (Å²) in [6, 6.07) is 3.88. The number of rotatable bonds is 2. The SMILES string of the molecule is Nc1cc(F)ccc1C(=O)N1CCN(c2nccs2)CC1. The van der Waals surface area contributed by atoms with Crippen LogP contribution in [0.3, 0.4) is 0 Å². The van der Waals surface area contributed by atoms with Crippen molar-refractivity contribution < 1.29 is 9.18 Å². The van der Waals surface area contributed by atoms with Gasteiger partial charge in [-0.25, -0.2) is 9.37 Å². The van der Waals surface area contributed by atoms with Gasteiger partial charge in [-0.2, -0.15) is 0 Å². The van der Waals surface area contributed by atoms with E-state index >= 15 is 0 Å². The van der Waals surface area contributed by atoms with Crippen LogP contribution in [0.1, 0.15) is 10.4 Å². The lowest BCUT2D eigenvalue weighted by atomic mass is 10.1. The molecule has 1 aromatic carbocycles. The van der Waals surface area contributed by atoms with E-state index in [9.17, 15) is 9.18 Å². The predicted molar refractivity (Wildman–Crippen MR) is 81.0 cm³/mol. The summed E-state index contributed by atoms with van der Waals surface area (Å²) < 4.78 is 13.0. The van der Waals surface area contributed by atoms with Gasteiger partial charge in [0, 0.05) is 43.4 Å². The number of nitrogens with two attached hydrogens (primary N) is 1. The van der Waals surface area contributed by atoms with Crippen molar-refractivity contribution in [1.29, 1.82) is 0 Å². The fourth-order valence-corrected chi connectivity index (χ4v) is 3.07. The van der Waals surface area contributed by atoms with Crippen LogP contribution in [0.4, 0.5) is 15.2 Å². The molecule has 0 unspecified atom stereocenters. The van der Waals surface area contributed by atoms with E-state index in [0.717, 1.165) is 18.2 Å². The van der Waals surface area contributed by atoms with Gasteiger partial charge in [0.1, 0.15) is 5.82 Å². The van der Waals surface area contributed by atoms with E-state index in [2.05, 4.69) is 9.88 Å². The summed E-state index contributed by atoms with van der Waals surface area (Å²) in [5.74, 6) is -0.580. The highest BCUT2D eigenvalue weighted by Gasteiger charge is 2.24. The number of piperazine rings is 1. The van der Waals surface area contributed by atoms with Crippen LogP contribution in [0.15, 0.2) is 29.8 Å². The molecule has 1 saturated heterocycles. The number of nitrogens with zero attached hydrogens (tertiary/aromatic N) is 3. The molecule has 0 radical (unpaired) electrons. The molecule has 0 aliphatic carbocycles. The molecule has 21 heavy (non-hydrogen) atoms. The van der Waals surface area contributed by atoms with E-state index < -0.39 is 5.82 Å². The van der Waals surface area contributed by atoms with Crippen LogP contribution in [0, 0.1) is 5.82 Å². The maximum atomic E-state index is 13.0. The number of halogens is 1. The molecule has 110 valence electrons. The van der Waals surface area contributed by atoms with Gasteiger partial charge in [-0.1, -0.05) is 0 Å². The first-order valence-electron chi connectivity index (χ1n) is 6.64. The number of aromatic nitrogens is 1. The molecule has 0 bridgehead atoms. The first kappa shape index (κ1) is 13.8. The molecule has 0 spiro atoms. The van der Waals surface area contributed by atoms with Crippen molar-refractivity contribution in [3.63, 3.8) is 0 Å². The number of hydrogen-bond donors (Lipinski definition) is 1. The minimum atomic E-state index is -0.433. The number of amides is 1. The van der Waals surface area contributed by atoms with Crippen LogP contribution < -0.4 is 10.6 Å². The van der Waals surface area contributed by atoms with Crippen molar-refractivity contribution in [2.24, 2.45) is 0 Å². The standard InChI is InChI=1S/C14H15FN4OS/c15-10-1-2-11(12(16)9-10)13(20)18-4-6-19(7-5-18)14-17-3-8-21-14/h1-3,8-9H,4-7,16H2. The molecule has 0 saturated carbocycles. The Morgan fingerprint density at radius 1 is 1.29 bits per heavy atom. The van der Waals surface area contributed by atoms with E-state index in [4.69, 9.17) is 5.73 Å². The van der Waals surface area contributed by atoms with Gasteiger partial charge in [-0.15, -0.1) is 11.3 Å². The monoisotopic (exact) mass is 306 g/mol. The Kier molecular flexibility index (Phi) is 3.74. The molecule has 5 nitrogen and oxygen atoms in total. The van der Waals surface area contributed by atoms with E-state index in [1.54, 1.807) is 22.4 Å². The Morgan fingerprint density at radius 2 is 2.05 bits per heavy atom. The molecule has 2 aromatic rings. The highest BCUT2D eigenvalue weighted by atomic mass is 32.1. The first-order chi connectivity index (χ1) is 10.1. The lowest BCUT2D eigenvalue weighted by molar-refractivity contribution is 0.0748. The molecule has 2 N–H and O–H groups in total. The van der Waals surface area contributed by atoms with Crippen molar-refractivity contribution in [2.75, 3.05) is 36.8 Å². The van der Waals surface area contributed by atoms with E-state index in [1.165, 1.54) is 18.2 Å². The zero-order chi connectivity index (χ0) is 14.8. The number of benzene rings is 1. The quantitative estimate of drug-likeness (QED) is 0.860. The summed E-state index contributed by atoms with van der Waals surface area (Å²) in [4.78, 5) is 20.6. The predicted octanol–water partition coefficient (Wildman–Crippen LogP) is 1.83. The van der Waals surface area contributed by atoms with Crippen LogP contribution in [-0.2, 0) is 0 Å². The van der Waals surface area contributed by atoms with Crippen molar-refractivity contribution >= 4 is 28.1 Å². The number of carbonyl (C=O) groups excluding carboxylic acids is 1. The number of thiazole rings is 1. The van der Waals surface area contributed by atoms with Gasteiger partial charge >= 0.3 is 0 Å². The molecule has 3 rings (SSSR count). The highest BCUT2D eigenvalue weighted by Crippen LogP contribution is 2.21. The van der Waals surface area contributed by atoms with Crippen LogP contribution in [0.5, 0.6) is 0 Å². The molecule has 0 atom stereocenters. The molecular formula is C14H15FN4OS. The fraction of sp³-hybridized carbons (Fsp3) is 0.286. The first-order valence-corrected chi connectivity index (χ1v) is 7.52. The summed E-state index contributed by atoms with van der Waals surface area (Å²) >= 11 is 1.59. The van der Waals surface area contributed by atoms with E-state index in [0.29, 0.717) is 18.7 Å². The number of hydrogen-bond acceptors (Lipinski definition) is 5. The Hall–Kier alpha value is -2.15. The van der Waals surface area contributed by atoms with Crippen molar-refractivity contribution in [1.82, 2.24) is 9.88 Å². The van der Waals surface area contributed by atoms with Crippen LogP contribution in [-0.4, -0.2) is 42.0 Å². The lowest BCUT2D eigenvalue weighted by Crippen LogP contribution is -2.48. The molecular weight excluding hydrogens is 291 g/mol. The molecule has 1 amide bonds. The summed E-state index contributed by atoms with van der Waals surface area (Å²) in [6.07, 6.45) is 1.77. The van der Waals surface area contributed by atoms with Gasteiger partial charge in [0.05, 0.1) is 5.56 Å². The molecule has 7 heteroatoms. The van der Waals surface area contributed by atoms with Gasteiger partial charge in [-0.3, -0.25) is 4.79 Å². The zero-order valence-electron chi connectivity index (χ0n) is 11.3. The van der Waals surface area contributed by atoms with Crippen molar-refractivity contribution in [2.45, 2.75) is 0 Å². The van der Waals surface area contributed by atoms with Gasteiger partial charge in [0.15, 0.2) is 5.13 Å². The lowest BCUT2D eigenvalue weighted by Gasteiger charge is -2.34. The second-order valence-electron chi connectivity index (χ2n) is 4.83. The van der Waals surface area contributed by atoms with Crippen LogP contribution >= 0.6 is 11.3 Å².